The summed E-state index contributed by atoms with van der Waals surface area (Å²) in [4.78, 5) is 2.57. The molecule has 3 nitrogen and oxygen atoms in total. The van der Waals surface area contributed by atoms with Crippen molar-refractivity contribution in [2.45, 2.75) is 50.4 Å². The number of hydrogen-bond donors (Lipinski definition) is 1. The summed E-state index contributed by atoms with van der Waals surface area (Å²) in [5, 5.41) is 3.99. The van der Waals surface area contributed by atoms with Gasteiger partial charge >= 0.3 is 0 Å². The third-order valence-electron chi connectivity index (χ3n) is 4.28. The number of hydrogen-bond acceptors (Lipinski definition) is 3. The van der Waals surface area contributed by atoms with E-state index >= 15 is 0 Å². The highest BCUT2D eigenvalue weighted by Crippen LogP contribution is 2.34. The Hall–Kier alpha value is 0.0700. The van der Waals surface area contributed by atoms with Gasteiger partial charge in [-0.3, -0.25) is 9.11 Å². The maximum atomic E-state index is 11.5. The summed E-state index contributed by atoms with van der Waals surface area (Å²) in [5.74, 6) is 0.915. The lowest BCUT2D eigenvalue weighted by Gasteiger charge is -2.41. The molecule has 4 unspecified atom stereocenters. The quantitative estimate of drug-likeness (QED) is 0.805. The van der Waals surface area contributed by atoms with Crippen LogP contribution < -0.4 is 5.32 Å². The maximum Gasteiger partial charge on any atom is 0.0444 e. The summed E-state index contributed by atoms with van der Waals surface area (Å²) in [6, 6.07) is 1.33. The molecule has 1 N–H and O–H groups in total. The molecule has 0 aromatic carbocycles. The van der Waals surface area contributed by atoms with Crippen LogP contribution in [0.2, 0.25) is 0 Å². The molecule has 1 saturated heterocycles. The van der Waals surface area contributed by atoms with Gasteiger partial charge in [-0.15, -0.1) is 0 Å². The Labute approximate surface area is 108 Å². The first-order valence-electron chi connectivity index (χ1n) is 6.91. The highest BCUT2D eigenvalue weighted by molar-refractivity contribution is 7.84. The number of piperazine rings is 1. The van der Waals surface area contributed by atoms with Crippen molar-refractivity contribution in [3.63, 3.8) is 0 Å². The lowest BCUT2D eigenvalue weighted by Crippen LogP contribution is -2.58. The fraction of sp³-hybridized carbons (Fsp3) is 1.00. The van der Waals surface area contributed by atoms with Crippen LogP contribution in [0.3, 0.4) is 0 Å². The Balaban J connectivity index is 1.91. The Bertz CT molecular complexity index is 281. The number of rotatable bonds is 5. The van der Waals surface area contributed by atoms with Crippen LogP contribution in [0.5, 0.6) is 0 Å². The van der Waals surface area contributed by atoms with Crippen molar-refractivity contribution in [1.82, 2.24) is 10.2 Å². The van der Waals surface area contributed by atoms with E-state index < -0.39 is 10.8 Å². The normalized spacial score (nSPS) is 34.5. The molecule has 1 aliphatic carbocycles. The van der Waals surface area contributed by atoms with Gasteiger partial charge in [-0.1, -0.05) is 6.92 Å². The summed E-state index contributed by atoms with van der Waals surface area (Å²) >= 11 is 0. The van der Waals surface area contributed by atoms with E-state index in [1.54, 1.807) is 0 Å². The fourth-order valence-electron chi connectivity index (χ4n) is 2.76. The van der Waals surface area contributed by atoms with Gasteiger partial charge in [0, 0.05) is 54.0 Å². The Kier molecular flexibility index (Phi) is 4.61. The second-order valence-corrected chi connectivity index (χ2v) is 7.48. The lowest BCUT2D eigenvalue weighted by molar-refractivity contribution is 0.120. The zero-order valence-corrected chi connectivity index (χ0v) is 12.1. The Morgan fingerprint density at radius 3 is 2.71 bits per heavy atom. The highest BCUT2D eigenvalue weighted by atomic mass is 32.2. The predicted molar refractivity (Wildman–Crippen MR) is 73.7 cm³/mol. The zero-order chi connectivity index (χ0) is 12.4. The minimum atomic E-state index is -0.697. The maximum absolute atomic E-state index is 11.5. The van der Waals surface area contributed by atoms with Gasteiger partial charge in [-0.05, 0) is 32.1 Å². The van der Waals surface area contributed by atoms with Crippen molar-refractivity contribution < 1.29 is 4.21 Å². The molecule has 2 aliphatic rings. The molecular weight excluding hydrogens is 232 g/mol. The van der Waals surface area contributed by atoms with Crippen LogP contribution in [0.15, 0.2) is 0 Å². The summed E-state index contributed by atoms with van der Waals surface area (Å²) in [5.41, 5.74) is 0. The van der Waals surface area contributed by atoms with Crippen molar-refractivity contribution in [3.05, 3.63) is 0 Å². The van der Waals surface area contributed by atoms with Crippen LogP contribution >= 0.6 is 0 Å². The van der Waals surface area contributed by atoms with Crippen molar-refractivity contribution in [2.75, 3.05) is 25.9 Å². The topological polar surface area (TPSA) is 32.3 Å². The lowest BCUT2D eigenvalue weighted by atomic mass is 10.0. The molecule has 0 bridgehead atoms. The molecule has 100 valence electrons. The molecule has 0 aromatic rings. The molecule has 2 rings (SSSR count). The van der Waals surface area contributed by atoms with E-state index in [1.165, 1.54) is 19.3 Å². The van der Waals surface area contributed by atoms with E-state index in [0.717, 1.165) is 25.6 Å². The van der Waals surface area contributed by atoms with Crippen molar-refractivity contribution in [1.29, 1.82) is 0 Å². The van der Waals surface area contributed by atoms with Gasteiger partial charge in [0.05, 0.1) is 0 Å². The van der Waals surface area contributed by atoms with E-state index in [2.05, 4.69) is 24.1 Å². The van der Waals surface area contributed by atoms with Gasteiger partial charge in [-0.2, -0.15) is 0 Å². The summed E-state index contributed by atoms with van der Waals surface area (Å²) in [7, 11) is -0.697. The largest absolute Gasteiger partial charge is 0.311 e. The smallest absolute Gasteiger partial charge is 0.0444 e. The average Bonchev–Trinajstić information content (AvgIpc) is 3.12. The van der Waals surface area contributed by atoms with Crippen LogP contribution in [0.1, 0.15) is 33.1 Å². The van der Waals surface area contributed by atoms with Gasteiger partial charge in [0.2, 0.25) is 0 Å². The van der Waals surface area contributed by atoms with Gasteiger partial charge in [-0.25, -0.2) is 0 Å². The van der Waals surface area contributed by atoms with Gasteiger partial charge in [0.25, 0.3) is 0 Å². The van der Waals surface area contributed by atoms with Crippen LogP contribution in [0, 0.1) is 5.92 Å². The SMILES string of the molecule is CCC1CNC(C2CC2)CN1CC(C)S(C)=O. The van der Waals surface area contributed by atoms with E-state index in [-0.39, 0.29) is 0 Å². The van der Waals surface area contributed by atoms with Crippen LogP contribution in [-0.4, -0.2) is 52.3 Å². The molecule has 0 aromatic heterocycles. The molecule has 17 heavy (non-hydrogen) atoms. The summed E-state index contributed by atoms with van der Waals surface area (Å²) in [6.07, 6.45) is 5.81. The van der Waals surface area contributed by atoms with E-state index in [4.69, 9.17) is 0 Å². The molecule has 4 atom stereocenters. The summed E-state index contributed by atoms with van der Waals surface area (Å²) < 4.78 is 11.5. The van der Waals surface area contributed by atoms with Gasteiger partial charge in [0.1, 0.15) is 0 Å². The minimum Gasteiger partial charge on any atom is -0.311 e. The molecule has 1 saturated carbocycles. The third-order valence-corrected chi connectivity index (χ3v) is 5.57. The Morgan fingerprint density at radius 2 is 2.18 bits per heavy atom. The molecule has 0 amide bonds. The van der Waals surface area contributed by atoms with Crippen molar-refractivity contribution >= 4 is 10.8 Å². The second-order valence-electron chi connectivity index (χ2n) is 5.68. The van der Waals surface area contributed by atoms with Gasteiger partial charge in [0.15, 0.2) is 0 Å². The van der Waals surface area contributed by atoms with E-state index in [9.17, 15) is 4.21 Å². The minimum absolute atomic E-state index is 0.294. The molecular formula is C13H26N2OS. The molecule has 1 heterocycles. The average molecular weight is 258 g/mol. The monoisotopic (exact) mass is 258 g/mol. The molecule has 1 aliphatic heterocycles. The van der Waals surface area contributed by atoms with E-state index in [1.807, 2.05) is 6.26 Å². The molecule has 4 heteroatoms. The van der Waals surface area contributed by atoms with Crippen molar-refractivity contribution in [2.24, 2.45) is 5.92 Å². The van der Waals surface area contributed by atoms with Crippen LogP contribution in [-0.2, 0) is 10.8 Å². The first-order valence-corrected chi connectivity index (χ1v) is 8.53. The first-order chi connectivity index (χ1) is 8.11. The standard InChI is InChI=1S/C13H26N2OS/c1-4-12-7-14-13(11-5-6-11)9-15(12)8-10(2)17(3)16/h10-14H,4-9H2,1-3H3. The first kappa shape index (κ1) is 13.5. The number of nitrogens with one attached hydrogen (secondary N) is 1. The second kappa shape index (κ2) is 5.81. The highest BCUT2D eigenvalue weighted by Gasteiger charge is 2.37. The summed E-state index contributed by atoms with van der Waals surface area (Å²) in [6.45, 7) is 7.62. The zero-order valence-electron chi connectivity index (χ0n) is 11.3. The third kappa shape index (κ3) is 3.52. The predicted octanol–water partition coefficient (Wildman–Crippen LogP) is 1.22. The van der Waals surface area contributed by atoms with Gasteiger partial charge < -0.3 is 5.32 Å². The molecule has 2 fully saturated rings. The van der Waals surface area contributed by atoms with Crippen LogP contribution in [0.4, 0.5) is 0 Å². The fourth-order valence-corrected chi connectivity index (χ4v) is 3.16. The number of nitrogens with zero attached hydrogens (tertiary/aromatic N) is 1. The molecule has 0 spiro atoms. The van der Waals surface area contributed by atoms with E-state index in [0.29, 0.717) is 17.3 Å². The van der Waals surface area contributed by atoms with Crippen LogP contribution in [0.25, 0.3) is 0 Å². The molecule has 0 radical (unpaired) electrons. The Morgan fingerprint density at radius 1 is 1.47 bits per heavy atom. The van der Waals surface area contributed by atoms with Crippen molar-refractivity contribution in [3.8, 4) is 0 Å².